The van der Waals surface area contributed by atoms with Crippen LogP contribution >= 0.6 is 0 Å². The molecular weight excluding hydrogens is 294 g/mol. The zero-order chi connectivity index (χ0) is 16.2. The lowest BCUT2D eigenvalue weighted by molar-refractivity contribution is 0.0934. The van der Waals surface area contributed by atoms with Crippen molar-refractivity contribution in [1.82, 2.24) is 5.32 Å². The second kappa shape index (κ2) is 6.52. The van der Waals surface area contributed by atoms with Gasteiger partial charge in [-0.2, -0.15) is 0 Å². The van der Waals surface area contributed by atoms with Gasteiger partial charge in [-0.25, -0.2) is 4.79 Å². The minimum atomic E-state index is -0.626. The molecule has 5 nitrogen and oxygen atoms in total. The second-order valence-corrected chi connectivity index (χ2v) is 5.48. The fourth-order valence-corrected chi connectivity index (χ4v) is 2.41. The molecule has 3 aromatic rings. The Bertz CT molecular complexity index is 864. The number of carbonyl (C=O) groups is 1. The molecule has 0 spiro atoms. The van der Waals surface area contributed by atoms with E-state index in [1.54, 1.807) is 30.5 Å². The topological polar surface area (TPSA) is 72.5 Å². The zero-order valence-electron chi connectivity index (χ0n) is 12.7. The van der Waals surface area contributed by atoms with Crippen LogP contribution in [-0.2, 0) is 6.42 Å². The van der Waals surface area contributed by atoms with Crippen molar-refractivity contribution in [3.63, 3.8) is 0 Å². The Morgan fingerprint density at radius 1 is 1.22 bits per heavy atom. The maximum Gasteiger partial charge on any atom is 0.349 e. The van der Waals surface area contributed by atoms with Crippen LogP contribution in [0.3, 0.4) is 0 Å². The third-order valence-electron chi connectivity index (χ3n) is 3.67. The summed E-state index contributed by atoms with van der Waals surface area (Å²) in [6.45, 7) is 1.89. The molecule has 0 aliphatic heterocycles. The monoisotopic (exact) mass is 311 g/mol. The van der Waals surface area contributed by atoms with Crippen LogP contribution in [-0.4, -0.2) is 11.9 Å². The van der Waals surface area contributed by atoms with Crippen molar-refractivity contribution in [1.29, 1.82) is 0 Å². The Balaban J connectivity index is 1.70. The van der Waals surface area contributed by atoms with Crippen molar-refractivity contribution in [3.05, 3.63) is 70.5 Å². The first-order valence-electron chi connectivity index (χ1n) is 7.49. The molecule has 1 unspecified atom stereocenters. The SMILES string of the molecule is CC(CCc1ccco1)NC(=O)c1cc2ccccc2oc1=O. The third kappa shape index (κ3) is 3.51. The lowest BCUT2D eigenvalue weighted by Gasteiger charge is -2.12. The van der Waals surface area contributed by atoms with E-state index < -0.39 is 11.5 Å². The molecule has 1 aromatic carbocycles. The molecule has 3 rings (SSSR count). The molecule has 23 heavy (non-hydrogen) atoms. The molecule has 2 aromatic heterocycles. The van der Waals surface area contributed by atoms with E-state index in [1.807, 2.05) is 25.1 Å². The molecule has 0 radical (unpaired) electrons. The number of nitrogens with one attached hydrogen (secondary N) is 1. The van der Waals surface area contributed by atoms with E-state index in [4.69, 9.17) is 8.83 Å². The van der Waals surface area contributed by atoms with Crippen LogP contribution in [0, 0.1) is 0 Å². The summed E-state index contributed by atoms with van der Waals surface area (Å²) >= 11 is 0. The van der Waals surface area contributed by atoms with Gasteiger partial charge in [0.2, 0.25) is 0 Å². The van der Waals surface area contributed by atoms with Crippen molar-refractivity contribution in [2.45, 2.75) is 25.8 Å². The van der Waals surface area contributed by atoms with Crippen LogP contribution in [0.15, 0.2) is 62.4 Å². The molecule has 0 aliphatic carbocycles. The second-order valence-electron chi connectivity index (χ2n) is 5.48. The van der Waals surface area contributed by atoms with Crippen LogP contribution in [0.1, 0.15) is 29.5 Å². The third-order valence-corrected chi connectivity index (χ3v) is 3.67. The van der Waals surface area contributed by atoms with Crippen LogP contribution in [0.25, 0.3) is 11.0 Å². The summed E-state index contributed by atoms with van der Waals surface area (Å²) in [5.41, 5.74) is -0.132. The summed E-state index contributed by atoms with van der Waals surface area (Å²) < 4.78 is 10.4. The minimum Gasteiger partial charge on any atom is -0.469 e. The maximum absolute atomic E-state index is 12.3. The van der Waals surface area contributed by atoms with Crippen LogP contribution in [0.4, 0.5) is 0 Å². The number of hydrogen-bond acceptors (Lipinski definition) is 4. The molecule has 118 valence electrons. The standard InChI is InChI=1S/C18H17NO4/c1-12(8-9-14-6-4-10-22-14)19-17(20)15-11-13-5-2-3-7-16(13)23-18(15)21/h2-7,10-12H,8-9H2,1H3,(H,19,20). The first-order chi connectivity index (χ1) is 11.1. The highest BCUT2D eigenvalue weighted by Gasteiger charge is 2.16. The highest BCUT2D eigenvalue weighted by molar-refractivity contribution is 5.96. The lowest BCUT2D eigenvalue weighted by atomic mass is 10.1. The summed E-state index contributed by atoms with van der Waals surface area (Å²) in [7, 11) is 0. The fourth-order valence-electron chi connectivity index (χ4n) is 2.41. The summed E-state index contributed by atoms with van der Waals surface area (Å²) in [5.74, 6) is 0.452. The molecule has 0 saturated heterocycles. The number of fused-ring (bicyclic) bond motifs is 1. The average molecular weight is 311 g/mol. The Labute approximate surface area is 132 Å². The Morgan fingerprint density at radius 2 is 2.04 bits per heavy atom. The van der Waals surface area contributed by atoms with E-state index >= 15 is 0 Å². The lowest BCUT2D eigenvalue weighted by Crippen LogP contribution is -2.35. The largest absolute Gasteiger partial charge is 0.469 e. The highest BCUT2D eigenvalue weighted by Crippen LogP contribution is 2.13. The van der Waals surface area contributed by atoms with Gasteiger partial charge >= 0.3 is 5.63 Å². The first kappa shape index (κ1) is 15.1. The molecule has 1 amide bonds. The summed E-state index contributed by atoms with van der Waals surface area (Å²) in [6.07, 6.45) is 3.07. The van der Waals surface area contributed by atoms with Gasteiger partial charge in [-0.3, -0.25) is 4.79 Å². The minimum absolute atomic E-state index is 0.0218. The Morgan fingerprint density at radius 3 is 2.83 bits per heavy atom. The first-order valence-corrected chi connectivity index (χ1v) is 7.49. The van der Waals surface area contributed by atoms with Gasteiger partial charge < -0.3 is 14.2 Å². The van der Waals surface area contributed by atoms with E-state index in [9.17, 15) is 9.59 Å². The molecule has 1 atom stereocenters. The van der Waals surface area contributed by atoms with Gasteiger partial charge in [-0.1, -0.05) is 18.2 Å². The number of aryl methyl sites for hydroxylation is 1. The van der Waals surface area contributed by atoms with Gasteiger partial charge in [0.05, 0.1) is 6.26 Å². The molecule has 1 N–H and O–H groups in total. The number of hydrogen-bond donors (Lipinski definition) is 1. The Kier molecular flexibility index (Phi) is 4.28. The number of rotatable bonds is 5. The van der Waals surface area contributed by atoms with E-state index in [2.05, 4.69) is 5.32 Å². The van der Waals surface area contributed by atoms with Crippen molar-refractivity contribution in [2.24, 2.45) is 0 Å². The van der Waals surface area contributed by atoms with Crippen molar-refractivity contribution in [2.75, 3.05) is 0 Å². The molecule has 0 saturated carbocycles. The number of amides is 1. The van der Waals surface area contributed by atoms with E-state index in [0.29, 0.717) is 5.58 Å². The molecule has 0 fully saturated rings. The van der Waals surface area contributed by atoms with Crippen LogP contribution < -0.4 is 10.9 Å². The molecule has 5 heteroatoms. The number of para-hydroxylation sites is 1. The smallest absolute Gasteiger partial charge is 0.349 e. The van der Waals surface area contributed by atoms with E-state index in [1.165, 1.54) is 0 Å². The number of carbonyl (C=O) groups excluding carboxylic acids is 1. The number of benzene rings is 1. The van der Waals surface area contributed by atoms with Crippen molar-refractivity contribution < 1.29 is 13.6 Å². The van der Waals surface area contributed by atoms with Gasteiger partial charge in [0, 0.05) is 17.8 Å². The summed E-state index contributed by atoms with van der Waals surface area (Å²) in [5, 5.41) is 3.55. The predicted molar refractivity (Wildman–Crippen MR) is 86.4 cm³/mol. The summed E-state index contributed by atoms with van der Waals surface area (Å²) in [6, 6.07) is 12.3. The van der Waals surface area contributed by atoms with Gasteiger partial charge in [-0.15, -0.1) is 0 Å². The van der Waals surface area contributed by atoms with Gasteiger partial charge in [0.25, 0.3) is 5.91 Å². The summed E-state index contributed by atoms with van der Waals surface area (Å²) in [4.78, 5) is 24.2. The molecule has 0 bridgehead atoms. The van der Waals surface area contributed by atoms with Crippen molar-refractivity contribution in [3.8, 4) is 0 Å². The quantitative estimate of drug-likeness (QED) is 0.735. The highest BCUT2D eigenvalue weighted by atomic mass is 16.4. The van der Waals surface area contributed by atoms with E-state index in [0.717, 1.165) is 24.0 Å². The molecule has 0 aliphatic rings. The van der Waals surface area contributed by atoms with Crippen LogP contribution in [0.5, 0.6) is 0 Å². The molecule has 2 heterocycles. The molecular formula is C18H17NO4. The zero-order valence-corrected chi connectivity index (χ0v) is 12.7. The van der Waals surface area contributed by atoms with Crippen LogP contribution in [0.2, 0.25) is 0 Å². The average Bonchev–Trinajstić information content (AvgIpc) is 3.05. The normalized spacial score (nSPS) is 12.2. The van der Waals surface area contributed by atoms with E-state index in [-0.39, 0.29) is 11.6 Å². The Hall–Kier alpha value is -2.82. The number of furan rings is 1. The predicted octanol–water partition coefficient (Wildman–Crippen LogP) is 3.14. The van der Waals surface area contributed by atoms with Gasteiger partial charge in [-0.05, 0) is 37.6 Å². The van der Waals surface area contributed by atoms with Gasteiger partial charge in [0.15, 0.2) is 0 Å². The van der Waals surface area contributed by atoms with Gasteiger partial charge in [0.1, 0.15) is 16.9 Å². The fraction of sp³-hybridized carbons (Fsp3) is 0.222. The van der Waals surface area contributed by atoms with Crippen molar-refractivity contribution >= 4 is 16.9 Å². The maximum atomic E-state index is 12.3.